The van der Waals surface area contributed by atoms with Crippen molar-refractivity contribution in [1.29, 1.82) is 0 Å². The minimum absolute atomic E-state index is 0.205. The van der Waals surface area contributed by atoms with Gasteiger partial charge in [-0.2, -0.15) is 0 Å². The van der Waals surface area contributed by atoms with Crippen LogP contribution in [-0.4, -0.2) is 0 Å². The van der Waals surface area contributed by atoms with Gasteiger partial charge in [-0.3, -0.25) is 0 Å². The number of anilines is 1. The Kier molecular flexibility index (Phi) is 3.20. The fourth-order valence-electron chi connectivity index (χ4n) is 1.60. The molecule has 0 fully saturated rings. The Bertz CT molecular complexity index is 465. The molecule has 1 aromatic carbocycles. The summed E-state index contributed by atoms with van der Waals surface area (Å²) in [5.41, 5.74) is 3.25. The molecule has 0 aliphatic heterocycles. The molecule has 2 aromatic rings. The van der Waals surface area contributed by atoms with Crippen molar-refractivity contribution < 1.29 is 4.42 Å². The average molecular weight is 236 g/mol. The minimum Gasteiger partial charge on any atom is -0.472 e. The summed E-state index contributed by atoms with van der Waals surface area (Å²) in [7, 11) is 0. The number of hydrogen-bond donors (Lipinski definition) is 1. The fraction of sp³-hybridized carbons (Fsp3) is 0.231. The van der Waals surface area contributed by atoms with E-state index in [1.807, 2.05) is 31.2 Å². The van der Waals surface area contributed by atoms with Crippen molar-refractivity contribution in [2.75, 3.05) is 5.32 Å². The normalized spacial score (nSPS) is 12.4. The zero-order valence-electron chi connectivity index (χ0n) is 9.33. The van der Waals surface area contributed by atoms with Crippen LogP contribution >= 0.6 is 11.6 Å². The van der Waals surface area contributed by atoms with E-state index in [1.165, 1.54) is 0 Å². The molecule has 2 nitrogen and oxygen atoms in total. The Morgan fingerprint density at radius 3 is 2.81 bits per heavy atom. The summed E-state index contributed by atoms with van der Waals surface area (Å²) in [6, 6.07) is 8.02. The zero-order valence-corrected chi connectivity index (χ0v) is 10.1. The molecule has 0 saturated carbocycles. The molecule has 84 valence electrons. The van der Waals surface area contributed by atoms with E-state index in [0.29, 0.717) is 0 Å². The van der Waals surface area contributed by atoms with Crippen LogP contribution in [0.25, 0.3) is 0 Å². The van der Waals surface area contributed by atoms with Crippen molar-refractivity contribution in [3.63, 3.8) is 0 Å². The lowest BCUT2D eigenvalue weighted by atomic mass is 10.1. The Morgan fingerprint density at radius 2 is 2.12 bits per heavy atom. The lowest BCUT2D eigenvalue weighted by molar-refractivity contribution is 0.562. The molecule has 3 heteroatoms. The summed E-state index contributed by atoms with van der Waals surface area (Å²) in [5.74, 6) is 0. The Labute approximate surface area is 100 Å². The van der Waals surface area contributed by atoms with Gasteiger partial charge >= 0.3 is 0 Å². The van der Waals surface area contributed by atoms with Crippen LogP contribution in [0.5, 0.6) is 0 Å². The van der Waals surface area contributed by atoms with Crippen molar-refractivity contribution in [2.24, 2.45) is 0 Å². The van der Waals surface area contributed by atoms with Crippen LogP contribution in [0.2, 0.25) is 5.02 Å². The highest BCUT2D eigenvalue weighted by Gasteiger charge is 2.08. The predicted octanol–water partition coefficient (Wildman–Crippen LogP) is 4.41. The summed E-state index contributed by atoms with van der Waals surface area (Å²) < 4.78 is 5.06. The summed E-state index contributed by atoms with van der Waals surface area (Å²) in [5, 5.41) is 4.19. The third kappa shape index (κ3) is 2.22. The fourth-order valence-corrected chi connectivity index (χ4v) is 1.78. The summed E-state index contributed by atoms with van der Waals surface area (Å²) in [6.45, 7) is 4.10. The highest BCUT2D eigenvalue weighted by atomic mass is 35.5. The number of hydrogen-bond acceptors (Lipinski definition) is 2. The maximum Gasteiger partial charge on any atom is 0.0955 e. The third-order valence-electron chi connectivity index (χ3n) is 2.68. The molecule has 16 heavy (non-hydrogen) atoms. The topological polar surface area (TPSA) is 25.2 Å². The van der Waals surface area contributed by atoms with E-state index < -0.39 is 0 Å². The molecule has 1 atom stereocenters. The number of benzene rings is 1. The molecule has 0 radical (unpaired) electrons. The minimum atomic E-state index is 0.205. The second kappa shape index (κ2) is 4.62. The lowest BCUT2D eigenvalue weighted by Gasteiger charge is -2.16. The van der Waals surface area contributed by atoms with Crippen LogP contribution in [0.3, 0.4) is 0 Å². The SMILES string of the molecule is Cc1c(Cl)cccc1NC(C)c1ccoc1. The van der Waals surface area contributed by atoms with E-state index in [-0.39, 0.29) is 6.04 Å². The van der Waals surface area contributed by atoms with E-state index in [1.54, 1.807) is 12.5 Å². The molecule has 2 rings (SSSR count). The largest absolute Gasteiger partial charge is 0.472 e. The molecule has 0 aliphatic rings. The second-order valence-corrected chi connectivity index (χ2v) is 4.24. The molecule has 0 amide bonds. The first-order valence-corrected chi connectivity index (χ1v) is 5.60. The average Bonchev–Trinajstić information content (AvgIpc) is 2.78. The highest BCUT2D eigenvalue weighted by Crippen LogP contribution is 2.26. The molecule has 0 aliphatic carbocycles. The smallest absolute Gasteiger partial charge is 0.0955 e. The molecule has 0 spiro atoms. The van der Waals surface area contributed by atoms with Gasteiger partial charge in [0, 0.05) is 16.3 Å². The lowest BCUT2D eigenvalue weighted by Crippen LogP contribution is -2.06. The number of furan rings is 1. The Morgan fingerprint density at radius 1 is 1.31 bits per heavy atom. The van der Waals surface area contributed by atoms with E-state index >= 15 is 0 Å². The predicted molar refractivity (Wildman–Crippen MR) is 66.9 cm³/mol. The molecule has 1 aromatic heterocycles. The number of halogens is 1. The summed E-state index contributed by atoms with van der Waals surface area (Å²) in [6.07, 6.45) is 3.43. The van der Waals surface area contributed by atoms with Gasteiger partial charge in [0.1, 0.15) is 0 Å². The molecular formula is C13H14ClNO. The van der Waals surface area contributed by atoms with Crippen molar-refractivity contribution in [3.05, 3.63) is 52.9 Å². The van der Waals surface area contributed by atoms with Gasteiger partial charge in [-0.1, -0.05) is 17.7 Å². The van der Waals surface area contributed by atoms with Gasteiger partial charge in [0.15, 0.2) is 0 Å². The van der Waals surface area contributed by atoms with Gasteiger partial charge < -0.3 is 9.73 Å². The van der Waals surface area contributed by atoms with E-state index in [2.05, 4.69) is 12.2 Å². The van der Waals surface area contributed by atoms with Crippen LogP contribution in [-0.2, 0) is 0 Å². The molecule has 0 bridgehead atoms. The monoisotopic (exact) mass is 235 g/mol. The zero-order chi connectivity index (χ0) is 11.5. The number of rotatable bonds is 3. The van der Waals surface area contributed by atoms with Gasteiger partial charge in [-0.05, 0) is 37.6 Å². The van der Waals surface area contributed by atoms with Crippen LogP contribution in [0.1, 0.15) is 24.1 Å². The van der Waals surface area contributed by atoms with Crippen molar-refractivity contribution >= 4 is 17.3 Å². The summed E-state index contributed by atoms with van der Waals surface area (Å²) in [4.78, 5) is 0. The Hall–Kier alpha value is -1.41. The van der Waals surface area contributed by atoms with Crippen molar-refractivity contribution in [3.8, 4) is 0 Å². The Balaban J connectivity index is 2.18. The third-order valence-corrected chi connectivity index (χ3v) is 3.09. The quantitative estimate of drug-likeness (QED) is 0.852. The second-order valence-electron chi connectivity index (χ2n) is 3.84. The first-order chi connectivity index (χ1) is 7.68. The number of nitrogens with one attached hydrogen (secondary N) is 1. The van der Waals surface area contributed by atoms with Crippen LogP contribution in [0.4, 0.5) is 5.69 Å². The van der Waals surface area contributed by atoms with E-state index in [9.17, 15) is 0 Å². The van der Waals surface area contributed by atoms with E-state index in [4.69, 9.17) is 16.0 Å². The van der Waals surface area contributed by atoms with Gasteiger partial charge in [0.05, 0.1) is 18.6 Å². The molecule has 1 unspecified atom stereocenters. The van der Waals surface area contributed by atoms with Crippen molar-refractivity contribution in [1.82, 2.24) is 0 Å². The molecule has 1 heterocycles. The maximum absolute atomic E-state index is 6.06. The van der Waals surface area contributed by atoms with Gasteiger partial charge in [0.2, 0.25) is 0 Å². The van der Waals surface area contributed by atoms with E-state index in [0.717, 1.165) is 21.8 Å². The molecule has 0 saturated heterocycles. The van der Waals surface area contributed by atoms with Gasteiger partial charge in [-0.15, -0.1) is 0 Å². The van der Waals surface area contributed by atoms with Crippen LogP contribution in [0, 0.1) is 6.92 Å². The first kappa shape index (κ1) is 11.1. The van der Waals surface area contributed by atoms with Crippen LogP contribution < -0.4 is 5.32 Å². The van der Waals surface area contributed by atoms with Crippen LogP contribution in [0.15, 0.2) is 41.2 Å². The first-order valence-electron chi connectivity index (χ1n) is 5.22. The maximum atomic E-state index is 6.06. The standard InChI is InChI=1S/C13H14ClNO/c1-9-12(14)4-3-5-13(9)15-10(2)11-6-7-16-8-11/h3-8,10,15H,1-2H3. The summed E-state index contributed by atoms with van der Waals surface area (Å²) >= 11 is 6.06. The van der Waals surface area contributed by atoms with Gasteiger partial charge in [0.25, 0.3) is 0 Å². The van der Waals surface area contributed by atoms with Gasteiger partial charge in [-0.25, -0.2) is 0 Å². The highest BCUT2D eigenvalue weighted by molar-refractivity contribution is 6.31. The molecular weight excluding hydrogens is 222 g/mol. The van der Waals surface area contributed by atoms with Crippen molar-refractivity contribution in [2.45, 2.75) is 19.9 Å². The molecule has 1 N–H and O–H groups in total.